The van der Waals surface area contributed by atoms with Gasteiger partial charge in [-0.15, -0.1) is 0 Å². The monoisotopic (exact) mass is 247 g/mol. The van der Waals surface area contributed by atoms with E-state index in [2.05, 4.69) is 9.89 Å². The second kappa shape index (κ2) is 4.26. The van der Waals surface area contributed by atoms with Gasteiger partial charge < -0.3 is 10.6 Å². The van der Waals surface area contributed by atoms with E-state index in [1.165, 1.54) is 18.9 Å². The van der Waals surface area contributed by atoms with Gasteiger partial charge in [-0.25, -0.2) is 9.38 Å². The Morgan fingerprint density at radius 2 is 2.22 bits per heavy atom. The van der Waals surface area contributed by atoms with Gasteiger partial charge in [-0.1, -0.05) is 12.1 Å². The fourth-order valence-corrected chi connectivity index (χ4v) is 2.33. The van der Waals surface area contributed by atoms with Gasteiger partial charge in [-0.05, 0) is 37.0 Å². The molecule has 0 aromatic heterocycles. The zero-order valence-electron chi connectivity index (χ0n) is 10.5. The molecule has 2 unspecified atom stereocenters. The van der Waals surface area contributed by atoms with E-state index in [9.17, 15) is 4.39 Å². The Bertz CT molecular complexity index is 482. The maximum atomic E-state index is 13.1. The van der Waals surface area contributed by atoms with Gasteiger partial charge in [0.2, 0.25) is 0 Å². The third-order valence-electron chi connectivity index (χ3n) is 3.79. The Hall–Kier alpha value is -1.58. The Kier molecular flexibility index (Phi) is 2.73. The summed E-state index contributed by atoms with van der Waals surface area (Å²) in [6.45, 7) is 0. The molecule has 4 heteroatoms. The molecule has 2 fully saturated rings. The van der Waals surface area contributed by atoms with E-state index < -0.39 is 0 Å². The maximum absolute atomic E-state index is 13.1. The third-order valence-corrected chi connectivity index (χ3v) is 3.79. The van der Waals surface area contributed by atoms with Crippen LogP contribution in [0.2, 0.25) is 0 Å². The minimum atomic E-state index is -0.176. The summed E-state index contributed by atoms with van der Waals surface area (Å²) in [6, 6.07) is 7.60. The highest BCUT2D eigenvalue weighted by Gasteiger charge is 2.39. The van der Waals surface area contributed by atoms with Gasteiger partial charge in [0, 0.05) is 19.0 Å². The van der Waals surface area contributed by atoms with Crippen LogP contribution in [0.25, 0.3) is 0 Å². The van der Waals surface area contributed by atoms with Gasteiger partial charge in [0.05, 0.1) is 6.04 Å². The van der Waals surface area contributed by atoms with Crippen molar-refractivity contribution in [2.75, 3.05) is 7.05 Å². The van der Waals surface area contributed by atoms with Crippen molar-refractivity contribution in [3.05, 3.63) is 35.6 Å². The zero-order valence-corrected chi connectivity index (χ0v) is 10.5. The minimum Gasteiger partial charge on any atom is -0.370 e. The molecule has 18 heavy (non-hydrogen) atoms. The molecule has 2 saturated carbocycles. The molecule has 0 radical (unpaired) electrons. The van der Waals surface area contributed by atoms with E-state index >= 15 is 0 Å². The van der Waals surface area contributed by atoms with Crippen molar-refractivity contribution in [2.24, 2.45) is 10.7 Å². The Morgan fingerprint density at radius 1 is 1.44 bits per heavy atom. The molecule has 2 aliphatic carbocycles. The number of halogens is 1. The van der Waals surface area contributed by atoms with Crippen LogP contribution >= 0.6 is 0 Å². The van der Waals surface area contributed by atoms with Gasteiger partial charge in [0.15, 0.2) is 5.96 Å². The number of nitrogens with zero attached hydrogens (tertiary/aromatic N) is 2. The lowest BCUT2D eigenvalue weighted by Crippen LogP contribution is -2.36. The Morgan fingerprint density at radius 3 is 2.89 bits per heavy atom. The number of rotatable bonds is 3. The molecular formula is C14H18FN3. The molecule has 2 N–H and O–H groups in total. The number of nitrogens with two attached hydrogens (primary N) is 1. The molecule has 0 aliphatic heterocycles. The summed E-state index contributed by atoms with van der Waals surface area (Å²) in [4.78, 5) is 6.59. The molecule has 0 heterocycles. The Labute approximate surface area is 106 Å². The van der Waals surface area contributed by atoms with Crippen LogP contribution in [-0.2, 0) is 0 Å². The summed E-state index contributed by atoms with van der Waals surface area (Å²) in [5.41, 5.74) is 7.00. The van der Waals surface area contributed by atoms with E-state index in [4.69, 9.17) is 5.73 Å². The van der Waals surface area contributed by atoms with Crippen LogP contribution in [0.5, 0.6) is 0 Å². The lowest BCUT2D eigenvalue weighted by Gasteiger charge is -2.16. The van der Waals surface area contributed by atoms with Gasteiger partial charge in [0.1, 0.15) is 5.82 Å². The van der Waals surface area contributed by atoms with E-state index in [-0.39, 0.29) is 11.9 Å². The Balaban J connectivity index is 1.65. The number of hydrogen-bond donors (Lipinski definition) is 1. The summed E-state index contributed by atoms with van der Waals surface area (Å²) in [5, 5.41) is 0. The second-order valence-electron chi connectivity index (χ2n) is 5.29. The molecule has 0 bridgehead atoms. The average Bonchev–Trinajstić information content (AvgIpc) is 3.22. The number of aliphatic imine (C=N–C) groups is 1. The SMILES string of the molecule is CN(C(N)=NC1CC1c1cccc(F)c1)C1CC1. The highest BCUT2D eigenvalue weighted by atomic mass is 19.1. The molecule has 2 aliphatic rings. The first kappa shape index (κ1) is 11.5. The van der Waals surface area contributed by atoms with E-state index in [1.807, 2.05) is 13.1 Å². The van der Waals surface area contributed by atoms with E-state index in [0.29, 0.717) is 17.9 Å². The quantitative estimate of drug-likeness (QED) is 0.656. The van der Waals surface area contributed by atoms with E-state index in [1.54, 1.807) is 12.1 Å². The number of hydrogen-bond acceptors (Lipinski definition) is 1. The second-order valence-corrected chi connectivity index (χ2v) is 5.29. The van der Waals surface area contributed by atoms with Gasteiger partial charge in [-0.2, -0.15) is 0 Å². The third kappa shape index (κ3) is 2.33. The molecule has 96 valence electrons. The van der Waals surface area contributed by atoms with Crippen molar-refractivity contribution in [2.45, 2.75) is 37.3 Å². The maximum Gasteiger partial charge on any atom is 0.191 e. The molecule has 0 saturated heterocycles. The summed E-state index contributed by atoms with van der Waals surface area (Å²) >= 11 is 0. The molecule has 1 aromatic rings. The molecule has 2 atom stereocenters. The van der Waals surface area contributed by atoms with Gasteiger partial charge in [0.25, 0.3) is 0 Å². The summed E-state index contributed by atoms with van der Waals surface area (Å²) in [7, 11) is 2.00. The first-order valence-electron chi connectivity index (χ1n) is 6.46. The van der Waals surface area contributed by atoms with Crippen LogP contribution in [-0.4, -0.2) is 30.0 Å². The predicted octanol–water partition coefficient (Wildman–Crippen LogP) is 2.09. The predicted molar refractivity (Wildman–Crippen MR) is 70.0 cm³/mol. The molecule has 0 amide bonds. The van der Waals surface area contributed by atoms with Crippen LogP contribution < -0.4 is 5.73 Å². The fraction of sp³-hybridized carbons (Fsp3) is 0.500. The van der Waals surface area contributed by atoms with Crippen molar-refractivity contribution >= 4 is 5.96 Å². The van der Waals surface area contributed by atoms with E-state index in [0.717, 1.165) is 12.0 Å². The molecular weight excluding hydrogens is 229 g/mol. The van der Waals surface area contributed by atoms with Gasteiger partial charge >= 0.3 is 0 Å². The summed E-state index contributed by atoms with van der Waals surface area (Å²) in [5.74, 6) is 0.790. The number of guanidine groups is 1. The smallest absolute Gasteiger partial charge is 0.191 e. The van der Waals surface area contributed by atoms with Crippen molar-refractivity contribution in [3.8, 4) is 0 Å². The topological polar surface area (TPSA) is 41.6 Å². The van der Waals surface area contributed by atoms with Crippen molar-refractivity contribution in [1.29, 1.82) is 0 Å². The largest absolute Gasteiger partial charge is 0.370 e. The standard InChI is InChI=1S/C14H18FN3/c1-18(11-5-6-11)14(16)17-13-8-12(13)9-3-2-4-10(15)7-9/h2-4,7,11-13H,5-6,8H2,1H3,(H2,16,17). The van der Waals surface area contributed by atoms with Crippen LogP contribution in [0.1, 0.15) is 30.7 Å². The van der Waals surface area contributed by atoms with Gasteiger partial charge in [-0.3, -0.25) is 0 Å². The molecule has 0 spiro atoms. The highest BCUT2D eigenvalue weighted by molar-refractivity contribution is 5.79. The van der Waals surface area contributed by atoms with Crippen LogP contribution in [0.15, 0.2) is 29.3 Å². The van der Waals surface area contributed by atoms with Crippen LogP contribution in [0.4, 0.5) is 4.39 Å². The van der Waals surface area contributed by atoms with Crippen LogP contribution in [0, 0.1) is 5.82 Å². The average molecular weight is 247 g/mol. The molecule has 1 aromatic carbocycles. The first-order chi connectivity index (χ1) is 8.65. The lowest BCUT2D eigenvalue weighted by molar-refractivity contribution is 0.487. The summed E-state index contributed by atoms with van der Waals surface area (Å²) in [6.07, 6.45) is 3.40. The van der Waals surface area contributed by atoms with Crippen molar-refractivity contribution in [3.63, 3.8) is 0 Å². The molecule has 3 rings (SSSR count). The minimum absolute atomic E-state index is 0.176. The first-order valence-corrected chi connectivity index (χ1v) is 6.46. The lowest BCUT2D eigenvalue weighted by atomic mass is 10.1. The number of benzene rings is 1. The summed E-state index contributed by atoms with van der Waals surface area (Å²) < 4.78 is 13.1. The van der Waals surface area contributed by atoms with Crippen LogP contribution in [0.3, 0.4) is 0 Å². The molecule has 3 nitrogen and oxygen atoms in total. The van der Waals surface area contributed by atoms with Crippen molar-refractivity contribution in [1.82, 2.24) is 4.90 Å². The highest BCUT2D eigenvalue weighted by Crippen LogP contribution is 2.43. The normalized spacial score (nSPS) is 27.1. The zero-order chi connectivity index (χ0) is 12.7. The van der Waals surface area contributed by atoms with Crippen molar-refractivity contribution < 1.29 is 4.39 Å². The fourth-order valence-electron chi connectivity index (χ4n) is 2.33.